The fourth-order valence-electron chi connectivity index (χ4n) is 2.69. The average molecular weight is 270 g/mol. The normalized spacial score (nSPS) is 13.2. The lowest BCUT2D eigenvalue weighted by atomic mass is 10.1. The number of carboxylic acids is 1. The molecule has 0 amide bonds. The van der Waals surface area contributed by atoms with Crippen molar-refractivity contribution in [3.05, 3.63) is 50.9 Å². The Bertz CT molecular complexity index is 762. The van der Waals surface area contributed by atoms with Gasteiger partial charge in [-0.25, -0.2) is 9.78 Å². The van der Waals surface area contributed by atoms with Crippen LogP contribution in [0.15, 0.2) is 23.0 Å². The van der Waals surface area contributed by atoms with Gasteiger partial charge in [0.15, 0.2) is 0 Å². The Morgan fingerprint density at radius 1 is 1.30 bits per heavy atom. The van der Waals surface area contributed by atoms with Crippen molar-refractivity contribution in [2.75, 3.05) is 0 Å². The van der Waals surface area contributed by atoms with Gasteiger partial charge in [-0.1, -0.05) is 12.1 Å². The zero-order valence-electron chi connectivity index (χ0n) is 11.1. The zero-order valence-corrected chi connectivity index (χ0v) is 11.1. The van der Waals surface area contributed by atoms with E-state index in [1.54, 1.807) is 0 Å². The summed E-state index contributed by atoms with van der Waals surface area (Å²) in [5.74, 6) is -0.830. The molecule has 0 saturated heterocycles. The van der Waals surface area contributed by atoms with Gasteiger partial charge in [0.05, 0.1) is 5.69 Å². The lowest BCUT2D eigenvalue weighted by molar-refractivity contribution is 0.0693. The van der Waals surface area contributed by atoms with E-state index in [0.29, 0.717) is 5.82 Å². The highest BCUT2D eigenvalue weighted by atomic mass is 16.4. The van der Waals surface area contributed by atoms with Crippen molar-refractivity contribution in [1.82, 2.24) is 9.97 Å². The maximum absolute atomic E-state index is 11.8. The molecule has 0 saturated carbocycles. The second-order valence-electron chi connectivity index (χ2n) is 5.02. The van der Waals surface area contributed by atoms with Gasteiger partial charge in [-0.05, 0) is 43.4 Å². The highest BCUT2D eigenvalue weighted by molar-refractivity contribution is 5.88. The molecule has 2 aromatic rings. The van der Waals surface area contributed by atoms with Gasteiger partial charge in [-0.15, -0.1) is 0 Å². The molecule has 1 aliphatic carbocycles. The molecule has 1 aliphatic rings. The molecule has 5 nitrogen and oxygen atoms in total. The predicted molar refractivity (Wildman–Crippen MR) is 74.0 cm³/mol. The van der Waals surface area contributed by atoms with Gasteiger partial charge < -0.3 is 10.1 Å². The number of H-pyrrole nitrogens is 1. The van der Waals surface area contributed by atoms with Crippen LogP contribution in [0.3, 0.4) is 0 Å². The highest BCUT2D eigenvalue weighted by Gasteiger charge is 2.17. The number of hydrogen-bond acceptors (Lipinski definition) is 3. The van der Waals surface area contributed by atoms with E-state index in [4.69, 9.17) is 5.11 Å². The van der Waals surface area contributed by atoms with E-state index in [1.807, 2.05) is 12.1 Å². The quantitative estimate of drug-likeness (QED) is 0.873. The highest BCUT2D eigenvalue weighted by Crippen LogP contribution is 2.26. The van der Waals surface area contributed by atoms with E-state index in [1.165, 1.54) is 18.1 Å². The molecule has 2 N–H and O–H groups in total. The van der Waals surface area contributed by atoms with Crippen LogP contribution in [0.25, 0.3) is 11.4 Å². The van der Waals surface area contributed by atoms with E-state index in [-0.39, 0.29) is 11.3 Å². The Kier molecular flexibility index (Phi) is 2.89. The second kappa shape index (κ2) is 4.59. The summed E-state index contributed by atoms with van der Waals surface area (Å²) >= 11 is 0. The van der Waals surface area contributed by atoms with Crippen LogP contribution in [0.2, 0.25) is 0 Å². The number of carbonyl (C=O) groups is 1. The lowest BCUT2D eigenvalue weighted by Gasteiger charge is -2.06. The first kappa shape index (κ1) is 12.6. The summed E-state index contributed by atoms with van der Waals surface area (Å²) in [6.45, 7) is 1.54. The molecule has 0 bridgehead atoms. The molecule has 0 spiro atoms. The number of fused-ring (bicyclic) bond motifs is 1. The van der Waals surface area contributed by atoms with Crippen molar-refractivity contribution >= 4 is 5.97 Å². The van der Waals surface area contributed by atoms with Crippen molar-refractivity contribution in [2.24, 2.45) is 0 Å². The first-order valence-corrected chi connectivity index (χ1v) is 6.52. The van der Waals surface area contributed by atoms with Crippen LogP contribution >= 0.6 is 0 Å². The number of hydrogen-bond donors (Lipinski definition) is 2. The summed E-state index contributed by atoms with van der Waals surface area (Å²) in [4.78, 5) is 29.6. The fraction of sp³-hybridized carbons (Fsp3) is 0.267. The van der Waals surface area contributed by atoms with Crippen molar-refractivity contribution in [3.63, 3.8) is 0 Å². The maximum Gasteiger partial charge on any atom is 0.343 e. The number of nitrogens with one attached hydrogen (secondary N) is 1. The topological polar surface area (TPSA) is 83.0 Å². The summed E-state index contributed by atoms with van der Waals surface area (Å²) in [7, 11) is 0. The molecule has 20 heavy (non-hydrogen) atoms. The van der Waals surface area contributed by atoms with Crippen LogP contribution in [0.5, 0.6) is 0 Å². The molecular weight excluding hydrogens is 256 g/mol. The van der Waals surface area contributed by atoms with Gasteiger partial charge in [-0.3, -0.25) is 4.79 Å². The minimum atomic E-state index is -1.25. The number of nitrogens with zero attached hydrogens (tertiary/aromatic N) is 1. The number of benzene rings is 1. The molecule has 3 rings (SSSR count). The third kappa shape index (κ3) is 2.01. The molecule has 0 fully saturated rings. The number of rotatable bonds is 2. The number of aryl methyl sites for hydroxylation is 3. The summed E-state index contributed by atoms with van der Waals surface area (Å²) in [6.07, 6.45) is 3.29. The largest absolute Gasteiger partial charge is 0.477 e. The smallest absolute Gasteiger partial charge is 0.343 e. The van der Waals surface area contributed by atoms with Gasteiger partial charge >= 0.3 is 5.97 Å². The van der Waals surface area contributed by atoms with Gasteiger partial charge in [-0.2, -0.15) is 0 Å². The van der Waals surface area contributed by atoms with Crippen LogP contribution in [-0.4, -0.2) is 21.0 Å². The van der Waals surface area contributed by atoms with Crippen molar-refractivity contribution in [1.29, 1.82) is 0 Å². The molecule has 0 radical (unpaired) electrons. The predicted octanol–water partition coefficient (Wildman–Crippen LogP) is 1.93. The maximum atomic E-state index is 11.8. The summed E-state index contributed by atoms with van der Waals surface area (Å²) < 4.78 is 0. The Labute approximate surface area is 115 Å². The van der Waals surface area contributed by atoms with Crippen molar-refractivity contribution in [2.45, 2.75) is 26.2 Å². The third-order valence-electron chi connectivity index (χ3n) is 3.69. The number of aromatic nitrogens is 2. The Morgan fingerprint density at radius 2 is 2.05 bits per heavy atom. The van der Waals surface area contributed by atoms with Crippen LogP contribution in [-0.2, 0) is 12.8 Å². The molecular formula is C15H14N2O3. The fourth-order valence-corrected chi connectivity index (χ4v) is 2.69. The van der Waals surface area contributed by atoms with Crippen LogP contribution in [0.1, 0.15) is 33.6 Å². The minimum Gasteiger partial charge on any atom is -0.477 e. The second-order valence-corrected chi connectivity index (χ2v) is 5.02. The summed E-state index contributed by atoms with van der Waals surface area (Å²) in [5, 5.41) is 8.97. The van der Waals surface area contributed by atoms with E-state index in [9.17, 15) is 9.59 Å². The summed E-state index contributed by atoms with van der Waals surface area (Å²) in [6, 6.07) is 6.00. The SMILES string of the molecule is Cc1nc(-c2ccc3c(c2)CCC3)[nH]c(=O)c1C(=O)O. The molecule has 0 unspecified atom stereocenters. The molecule has 102 valence electrons. The van der Waals surface area contributed by atoms with Gasteiger partial charge in [0.2, 0.25) is 0 Å². The van der Waals surface area contributed by atoms with Crippen LogP contribution < -0.4 is 5.56 Å². The van der Waals surface area contributed by atoms with Crippen LogP contribution in [0.4, 0.5) is 0 Å². The van der Waals surface area contributed by atoms with E-state index < -0.39 is 11.5 Å². The van der Waals surface area contributed by atoms with E-state index in [0.717, 1.165) is 24.8 Å². The van der Waals surface area contributed by atoms with Crippen molar-refractivity contribution < 1.29 is 9.90 Å². The molecule has 5 heteroatoms. The molecule has 1 heterocycles. The van der Waals surface area contributed by atoms with E-state index >= 15 is 0 Å². The molecule has 0 aliphatic heterocycles. The van der Waals surface area contributed by atoms with Crippen molar-refractivity contribution in [3.8, 4) is 11.4 Å². The first-order valence-electron chi connectivity index (χ1n) is 6.52. The third-order valence-corrected chi connectivity index (χ3v) is 3.69. The van der Waals surface area contributed by atoms with Gasteiger partial charge in [0, 0.05) is 5.56 Å². The summed E-state index contributed by atoms with van der Waals surface area (Å²) in [5.41, 5.74) is 2.77. The van der Waals surface area contributed by atoms with E-state index in [2.05, 4.69) is 16.0 Å². The minimum absolute atomic E-state index is 0.233. The average Bonchev–Trinajstić information content (AvgIpc) is 2.84. The van der Waals surface area contributed by atoms with Gasteiger partial charge in [0.1, 0.15) is 11.4 Å². The number of carboxylic acid groups (broad SMARTS) is 1. The molecule has 0 atom stereocenters. The monoisotopic (exact) mass is 270 g/mol. The number of aromatic carboxylic acids is 1. The lowest BCUT2D eigenvalue weighted by Crippen LogP contribution is -2.21. The van der Waals surface area contributed by atoms with Crippen LogP contribution in [0, 0.1) is 6.92 Å². The first-order chi connectivity index (χ1) is 9.56. The zero-order chi connectivity index (χ0) is 14.3. The molecule has 1 aromatic heterocycles. The Hall–Kier alpha value is -2.43. The molecule has 1 aromatic carbocycles. The Balaban J connectivity index is 2.12. The van der Waals surface area contributed by atoms with Gasteiger partial charge in [0.25, 0.3) is 5.56 Å². The standard InChI is InChI=1S/C15H14N2O3/c1-8-12(15(19)20)14(18)17-13(16-8)11-6-5-9-3-2-4-10(9)7-11/h5-7H,2-4H2,1H3,(H,19,20)(H,16,17,18). The number of aromatic amines is 1. The Morgan fingerprint density at radius 3 is 2.75 bits per heavy atom.